The zero-order valence-corrected chi connectivity index (χ0v) is 76.1. The van der Waals surface area contributed by atoms with Crippen molar-refractivity contribution in [1.82, 2.24) is 82.2 Å². The minimum atomic E-state index is -0.635. The first kappa shape index (κ1) is 81.5. The van der Waals surface area contributed by atoms with Crippen LogP contribution in [0.1, 0.15) is 55.9 Å². The summed E-state index contributed by atoms with van der Waals surface area (Å²) in [6.45, 7) is 16.9. The summed E-state index contributed by atoms with van der Waals surface area (Å²) in [7, 11) is 0. The van der Waals surface area contributed by atoms with Gasteiger partial charge in [0.25, 0.3) is 0 Å². The molecule has 22 heteroatoms. The van der Waals surface area contributed by atoms with Crippen molar-refractivity contribution in [3.05, 3.63) is 398 Å². The number of esters is 1. The number of benzene rings is 11. The van der Waals surface area contributed by atoms with Crippen molar-refractivity contribution in [1.29, 1.82) is 0 Å². The van der Waals surface area contributed by atoms with E-state index in [-0.39, 0.29) is 11.1 Å². The van der Waals surface area contributed by atoms with Crippen LogP contribution in [0.5, 0.6) is 5.75 Å². The largest absolute Gasteiger partial charge is 0.454 e. The molecule has 22 nitrogen and oxygen atoms in total. The lowest BCUT2D eigenvalue weighted by molar-refractivity contribution is 0.0735. The average Bonchev–Trinajstić information content (AvgIpc) is 1.56. The van der Waals surface area contributed by atoms with E-state index in [0.29, 0.717) is 45.1 Å². The van der Waals surface area contributed by atoms with E-state index in [4.69, 9.17) is 57.9 Å². The number of aromatic nitrogens is 17. The Morgan fingerprint density at radius 1 is 0.312 bits per heavy atom. The van der Waals surface area contributed by atoms with Crippen LogP contribution in [0, 0.1) is 55.4 Å². The Balaban J connectivity index is 0.000000151. The molecule has 138 heavy (non-hydrogen) atoms. The molecule has 0 radical (unpaired) electrons. The summed E-state index contributed by atoms with van der Waals surface area (Å²) in [6, 6.07) is 100. The molecule has 0 bridgehead atoms. The zero-order valence-electron chi connectivity index (χ0n) is 76.1. The van der Waals surface area contributed by atoms with E-state index >= 15 is 0 Å². The number of pyridine rings is 5. The summed E-state index contributed by atoms with van der Waals surface area (Å²) < 4.78 is 40.3. The Morgan fingerprint density at radius 2 is 0.761 bits per heavy atom. The SMILES string of the molecule is Cc1nc(-c2ccccc2)n(-c2cc(-n3c(-c4ccccc4)nc(C)c3C)c3oc4ccc(-c5ccc6oc7c(-n8c(-c9ccccc9)nc(C)c8C)cc(-n8c(-c9ccccc9)nc(C)c8C)cc7c6c5)cc4c3c2)c1C.O=C(Oc1ccccc1)c1cc(-c2ncnc3c2c2cnccc2n3-c2ccccc2)nc2c1oc1c(-n3c4ccncc4c4ccncc43)c(-c3ccccc3)cnc12. The number of aryl methyl sites for hydroxylation is 4. The number of ether oxygens (including phenoxy) is 1. The molecule has 0 spiro atoms. The van der Waals surface area contributed by atoms with Crippen LogP contribution in [-0.2, 0) is 0 Å². The average molecular weight is 1790 g/mol. The van der Waals surface area contributed by atoms with E-state index in [1.807, 2.05) is 140 Å². The second kappa shape index (κ2) is 32.5. The van der Waals surface area contributed by atoms with Crippen molar-refractivity contribution in [2.45, 2.75) is 55.4 Å². The van der Waals surface area contributed by atoms with Gasteiger partial charge in [0.2, 0.25) is 0 Å². The number of rotatable bonds is 15. The van der Waals surface area contributed by atoms with Crippen LogP contribution in [0.2, 0.25) is 0 Å². The highest BCUT2D eigenvalue weighted by Gasteiger charge is 2.33. The summed E-state index contributed by atoms with van der Waals surface area (Å²) in [5.41, 5.74) is 30.2. The molecule has 15 aromatic heterocycles. The number of para-hydroxylation sites is 2. The fraction of sp³-hybridized carbons (Fsp3) is 0.0690. The highest BCUT2D eigenvalue weighted by Crippen LogP contribution is 2.48. The van der Waals surface area contributed by atoms with Gasteiger partial charge in [0.05, 0.1) is 79.4 Å². The molecule has 0 atom stereocenters. The van der Waals surface area contributed by atoms with Gasteiger partial charge in [-0.2, -0.15) is 0 Å². The van der Waals surface area contributed by atoms with Crippen molar-refractivity contribution in [3.63, 3.8) is 0 Å². The van der Waals surface area contributed by atoms with E-state index < -0.39 is 5.97 Å². The Labute approximate surface area is 788 Å². The first-order valence-electron chi connectivity index (χ1n) is 45.6. The molecule has 0 fully saturated rings. The number of carbonyl (C=O) groups is 1. The lowest BCUT2D eigenvalue weighted by Crippen LogP contribution is -2.10. The predicted octanol–water partition coefficient (Wildman–Crippen LogP) is 27.1. The maximum Gasteiger partial charge on any atom is 0.347 e. The third-order valence-electron chi connectivity index (χ3n) is 26.8. The van der Waals surface area contributed by atoms with Gasteiger partial charge in [0, 0.05) is 131 Å². The third-order valence-corrected chi connectivity index (χ3v) is 26.8. The van der Waals surface area contributed by atoms with Crippen molar-refractivity contribution in [2.24, 2.45) is 0 Å². The minimum absolute atomic E-state index is 0.147. The summed E-state index contributed by atoms with van der Waals surface area (Å²) in [6.07, 6.45) is 14.1. The molecule has 0 N–H and O–H groups in total. The summed E-state index contributed by atoms with van der Waals surface area (Å²) in [4.78, 5) is 68.6. The van der Waals surface area contributed by atoms with Gasteiger partial charge < -0.3 is 22.6 Å². The van der Waals surface area contributed by atoms with Crippen molar-refractivity contribution >= 4 is 116 Å². The molecule has 26 rings (SSSR count). The third kappa shape index (κ3) is 13.2. The number of carbonyl (C=O) groups excluding carboxylic acids is 1. The molecule has 0 aliphatic carbocycles. The molecule has 11 aromatic carbocycles. The molecule has 0 unspecified atom stereocenters. The summed E-state index contributed by atoms with van der Waals surface area (Å²) >= 11 is 0. The van der Waals surface area contributed by atoms with Crippen LogP contribution in [0.25, 0.3) is 223 Å². The molecule has 26 aromatic rings. The van der Waals surface area contributed by atoms with Crippen LogP contribution in [0.4, 0.5) is 0 Å². The Kier molecular flexibility index (Phi) is 19.2. The number of hydrogen-bond acceptors (Lipinski definition) is 16. The van der Waals surface area contributed by atoms with E-state index in [9.17, 15) is 4.79 Å². The normalized spacial score (nSPS) is 11.8. The Bertz CT molecular complexity index is 9070. The van der Waals surface area contributed by atoms with Gasteiger partial charge >= 0.3 is 5.97 Å². The zero-order chi connectivity index (χ0) is 92.8. The number of fused-ring (bicyclic) bond motifs is 15. The van der Waals surface area contributed by atoms with Crippen molar-refractivity contribution in [3.8, 4) is 119 Å². The number of imidazole rings is 4. The first-order valence-corrected chi connectivity index (χ1v) is 45.6. The molecule has 0 saturated heterocycles. The van der Waals surface area contributed by atoms with Crippen LogP contribution in [0.15, 0.2) is 360 Å². The molecular formula is C116H81N17O5. The second-order valence-corrected chi connectivity index (χ2v) is 34.7. The highest BCUT2D eigenvalue weighted by atomic mass is 16.5. The van der Waals surface area contributed by atoms with E-state index in [0.717, 1.165) is 224 Å². The van der Waals surface area contributed by atoms with Crippen LogP contribution in [-0.4, -0.2) is 88.2 Å². The number of furan rings is 3. The van der Waals surface area contributed by atoms with Gasteiger partial charge in [0.15, 0.2) is 22.3 Å². The molecule has 0 aliphatic rings. The topological polar surface area (TPSA) is 237 Å². The quantitative estimate of drug-likeness (QED) is 0.0685. The Hall–Kier alpha value is -18.4. The molecule has 660 valence electrons. The maximum absolute atomic E-state index is 14.5. The predicted molar refractivity (Wildman–Crippen MR) is 544 cm³/mol. The molecule has 0 aliphatic heterocycles. The number of hydrogen-bond donors (Lipinski definition) is 0. The van der Waals surface area contributed by atoms with Gasteiger partial charge in [-0.3, -0.25) is 37.8 Å². The standard InChI is InChI=1S/C68H54N8O2.C48H27N9O3/c1-39-43(5)73(65(69-39)47-21-13-9-14-22-47)53-35-57-55-33-51(29-31-61(55)77-63(57)59(37-53)75-45(7)41(3)71-67(75)49-25-17-11-18-26-49)52-30-32-62-56(34-52)58-36-54(74-44(6)40(2)70-66(74)48-23-15-10-16-24-48)38-60(64(58)78-62)76-46(8)42(4)72-68(76)50-27-19-12-20-28-50;58-48(59-30-14-8-3-9-15-30)32-22-36(41-40-35-24-50-21-18-38(35)56(47(40)54-27-53-41)29-12-6-2-7-13-29)55-43-42-46(60-45(32)43)44(33(25-52-42)28-10-4-1-5-11-28)57-37-17-20-49-23-34(37)31-16-19-51-26-39(31)57/h9-38H,1-8H3;1-27H. The minimum Gasteiger partial charge on any atom is -0.454 e. The lowest BCUT2D eigenvalue weighted by atomic mass is 10.00. The fourth-order valence-electron chi connectivity index (χ4n) is 19.7. The van der Waals surface area contributed by atoms with E-state index in [1.54, 1.807) is 43.0 Å². The molecule has 0 amide bonds. The van der Waals surface area contributed by atoms with E-state index in [2.05, 4.69) is 255 Å². The molecule has 0 saturated carbocycles. The maximum atomic E-state index is 14.5. The van der Waals surface area contributed by atoms with E-state index in [1.165, 1.54) is 6.33 Å². The summed E-state index contributed by atoms with van der Waals surface area (Å²) in [5, 5.41) is 7.42. The first-order chi connectivity index (χ1) is 67.7. The number of nitrogens with zero attached hydrogens (tertiary/aromatic N) is 17. The Morgan fingerprint density at radius 3 is 1.28 bits per heavy atom. The van der Waals surface area contributed by atoms with Gasteiger partial charge in [-0.15, -0.1) is 0 Å². The van der Waals surface area contributed by atoms with Crippen LogP contribution >= 0.6 is 0 Å². The second-order valence-electron chi connectivity index (χ2n) is 34.7. The van der Waals surface area contributed by atoms with Crippen molar-refractivity contribution in [2.75, 3.05) is 0 Å². The van der Waals surface area contributed by atoms with Gasteiger partial charge in [-0.1, -0.05) is 200 Å². The highest BCUT2D eigenvalue weighted by molar-refractivity contribution is 6.19. The molecular weight excluding hydrogens is 1710 g/mol. The van der Waals surface area contributed by atoms with Crippen molar-refractivity contribution < 1.29 is 22.8 Å². The fourth-order valence-corrected chi connectivity index (χ4v) is 19.7. The van der Waals surface area contributed by atoms with Gasteiger partial charge in [0.1, 0.15) is 80.2 Å². The lowest BCUT2D eigenvalue weighted by Gasteiger charge is -2.16. The van der Waals surface area contributed by atoms with Gasteiger partial charge in [-0.25, -0.2) is 44.7 Å². The summed E-state index contributed by atoms with van der Waals surface area (Å²) in [5.74, 6) is 3.20. The van der Waals surface area contributed by atoms with Gasteiger partial charge in [-0.05, 0) is 169 Å². The monoisotopic (exact) mass is 1790 g/mol. The smallest absolute Gasteiger partial charge is 0.347 e. The van der Waals surface area contributed by atoms with Crippen LogP contribution < -0.4 is 4.74 Å². The molecule has 15 heterocycles. The van der Waals surface area contributed by atoms with Crippen LogP contribution in [0.3, 0.4) is 0 Å².